The van der Waals surface area contributed by atoms with Crippen LogP contribution >= 0.6 is 27.3 Å². The van der Waals surface area contributed by atoms with Gasteiger partial charge < -0.3 is 5.32 Å². The van der Waals surface area contributed by atoms with Crippen LogP contribution in [-0.4, -0.2) is 4.98 Å². The molecule has 0 atom stereocenters. The van der Waals surface area contributed by atoms with Gasteiger partial charge in [-0.15, -0.1) is 11.3 Å². The molecule has 1 heterocycles. The predicted octanol–water partition coefficient (Wildman–Crippen LogP) is 4.44. The zero-order chi connectivity index (χ0) is 12.4. The number of halogens is 1. The first-order chi connectivity index (χ1) is 8.06. The Bertz CT molecular complexity index is 534. The zero-order valence-corrected chi connectivity index (χ0v) is 12.6. The molecule has 0 fully saturated rings. The Morgan fingerprint density at radius 3 is 2.65 bits per heavy atom. The second kappa shape index (κ2) is 5.19. The fraction of sp³-hybridized carbons (Fsp3) is 0.308. The summed E-state index contributed by atoms with van der Waals surface area (Å²) in [7, 11) is 0. The molecule has 2 nitrogen and oxygen atoms in total. The first-order valence-corrected chi connectivity index (χ1v) is 7.10. The van der Waals surface area contributed by atoms with Crippen molar-refractivity contribution in [3.05, 3.63) is 43.8 Å². The molecule has 0 aliphatic heterocycles. The molecular formula is C13H15BrN2S. The monoisotopic (exact) mass is 310 g/mol. The lowest BCUT2D eigenvalue weighted by atomic mass is 10.2. The Morgan fingerprint density at radius 1 is 1.29 bits per heavy atom. The molecule has 1 N–H and O–H groups in total. The quantitative estimate of drug-likeness (QED) is 0.906. The summed E-state index contributed by atoms with van der Waals surface area (Å²) in [6, 6.07) is 6.30. The normalized spacial score (nSPS) is 10.6. The SMILES string of the molecule is Cc1nc(C)c(CNc2ccc(Br)c(C)c2)s1. The van der Waals surface area contributed by atoms with Gasteiger partial charge in [-0.2, -0.15) is 0 Å². The van der Waals surface area contributed by atoms with Crippen LogP contribution in [0, 0.1) is 20.8 Å². The van der Waals surface area contributed by atoms with Crippen molar-refractivity contribution in [3.8, 4) is 0 Å². The fourth-order valence-electron chi connectivity index (χ4n) is 1.67. The third-order valence-corrected chi connectivity index (χ3v) is 4.57. The second-order valence-corrected chi connectivity index (χ2v) is 6.20. The first kappa shape index (κ1) is 12.6. The Morgan fingerprint density at radius 2 is 2.06 bits per heavy atom. The number of aryl methyl sites for hydroxylation is 3. The van der Waals surface area contributed by atoms with Gasteiger partial charge in [0.05, 0.1) is 17.2 Å². The lowest BCUT2D eigenvalue weighted by molar-refractivity contribution is 1.11. The maximum Gasteiger partial charge on any atom is 0.0900 e. The molecule has 0 amide bonds. The fourth-order valence-corrected chi connectivity index (χ4v) is 2.80. The van der Waals surface area contributed by atoms with Gasteiger partial charge in [0.2, 0.25) is 0 Å². The van der Waals surface area contributed by atoms with Gasteiger partial charge in [0.25, 0.3) is 0 Å². The molecule has 0 bridgehead atoms. The molecule has 4 heteroatoms. The molecule has 0 radical (unpaired) electrons. The van der Waals surface area contributed by atoms with Crippen molar-refractivity contribution in [2.75, 3.05) is 5.32 Å². The highest BCUT2D eigenvalue weighted by molar-refractivity contribution is 9.10. The molecule has 90 valence electrons. The van der Waals surface area contributed by atoms with Crippen molar-refractivity contribution in [2.24, 2.45) is 0 Å². The minimum absolute atomic E-state index is 0.846. The van der Waals surface area contributed by atoms with E-state index in [0.717, 1.165) is 27.4 Å². The summed E-state index contributed by atoms with van der Waals surface area (Å²) in [5.41, 5.74) is 3.53. The molecule has 1 aromatic heterocycles. The summed E-state index contributed by atoms with van der Waals surface area (Å²) in [6.07, 6.45) is 0. The molecule has 0 saturated carbocycles. The topological polar surface area (TPSA) is 24.9 Å². The maximum atomic E-state index is 4.43. The molecule has 2 rings (SSSR count). The van der Waals surface area contributed by atoms with E-state index in [0.29, 0.717) is 0 Å². The molecule has 2 aromatic rings. The van der Waals surface area contributed by atoms with Crippen LogP contribution in [0.1, 0.15) is 21.1 Å². The van der Waals surface area contributed by atoms with E-state index in [4.69, 9.17) is 0 Å². The highest BCUT2D eigenvalue weighted by Gasteiger charge is 2.04. The standard InChI is InChI=1S/C13H15BrN2S/c1-8-6-11(4-5-12(8)14)15-7-13-9(2)16-10(3)17-13/h4-6,15H,7H2,1-3H3. The van der Waals surface area contributed by atoms with Crippen LogP contribution in [0.15, 0.2) is 22.7 Å². The Labute approximate surface area is 114 Å². The number of nitrogens with zero attached hydrogens (tertiary/aromatic N) is 1. The molecule has 0 saturated heterocycles. The van der Waals surface area contributed by atoms with Crippen molar-refractivity contribution < 1.29 is 0 Å². The van der Waals surface area contributed by atoms with Crippen molar-refractivity contribution >= 4 is 33.0 Å². The molecule has 0 aliphatic carbocycles. The van der Waals surface area contributed by atoms with Gasteiger partial charge in [-0.3, -0.25) is 0 Å². The van der Waals surface area contributed by atoms with Crippen LogP contribution in [0.3, 0.4) is 0 Å². The number of anilines is 1. The summed E-state index contributed by atoms with van der Waals surface area (Å²) in [6.45, 7) is 7.05. The van der Waals surface area contributed by atoms with Crippen molar-refractivity contribution in [3.63, 3.8) is 0 Å². The van der Waals surface area contributed by atoms with Crippen LogP contribution in [0.5, 0.6) is 0 Å². The van der Waals surface area contributed by atoms with Gasteiger partial charge in [0, 0.05) is 15.0 Å². The number of hydrogen-bond donors (Lipinski definition) is 1. The third-order valence-electron chi connectivity index (χ3n) is 2.61. The van der Waals surface area contributed by atoms with E-state index < -0.39 is 0 Å². The summed E-state index contributed by atoms with van der Waals surface area (Å²) in [5, 5.41) is 4.56. The average Bonchev–Trinajstić information content (AvgIpc) is 2.59. The number of aromatic nitrogens is 1. The van der Waals surface area contributed by atoms with Crippen molar-refractivity contribution in [1.82, 2.24) is 4.98 Å². The average molecular weight is 311 g/mol. The zero-order valence-electron chi connectivity index (χ0n) is 10.2. The van der Waals surface area contributed by atoms with E-state index in [1.807, 2.05) is 6.92 Å². The van der Waals surface area contributed by atoms with E-state index >= 15 is 0 Å². The molecule has 1 aromatic carbocycles. The van der Waals surface area contributed by atoms with Gasteiger partial charge in [0.15, 0.2) is 0 Å². The van der Waals surface area contributed by atoms with E-state index in [1.165, 1.54) is 10.4 Å². The van der Waals surface area contributed by atoms with Gasteiger partial charge in [0.1, 0.15) is 0 Å². The van der Waals surface area contributed by atoms with Crippen LogP contribution in [0.2, 0.25) is 0 Å². The predicted molar refractivity (Wildman–Crippen MR) is 77.8 cm³/mol. The third kappa shape index (κ3) is 3.07. The van der Waals surface area contributed by atoms with Gasteiger partial charge in [-0.05, 0) is 44.5 Å². The Balaban J connectivity index is 2.07. The number of hydrogen-bond acceptors (Lipinski definition) is 3. The minimum atomic E-state index is 0.846. The molecule has 0 aliphatic rings. The molecular weight excluding hydrogens is 296 g/mol. The van der Waals surface area contributed by atoms with E-state index in [9.17, 15) is 0 Å². The summed E-state index contributed by atoms with van der Waals surface area (Å²) in [4.78, 5) is 5.73. The Kier molecular flexibility index (Phi) is 3.84. The van der Waals surface area contributed by atoms with Crippen molar-refractivity contribution in [1.29, 1.82) is 0 Å². The first-order valence-electron chi connectivity index (χ1n) is 5.49. The summed E-state index contributed by atoms with van der Waals surface area (Å²) >= 11 is 5.26. The lowest BCUT2D eigenvalue weighted by Gasteiger charge is -2.07. The van der Waals surface area contributed by atoms with Crippen LogP contribution in [0.25, 0.3) is 0 Å². The smallest absolute Gasteiger partial charge is 0.0900 e. The second-order valence-electron chi connectivity index (χ2n) is 4.06. The van der Waals surface area contributed by atoms with Crippen LogP contribution < -0.4 is 5.32 Å². The molecule has 0 spiro atoms. The van der Waals surface area contributed by atoms with E-state index in [-0.39, 0.29) is 0 Å². The van der Waals surface area contributed by atoms with Gasteiger partial charge in [-0.1, -0.05) is 15.9 Å². The number of benzene rings is 1. The summed E-state index contributed by atoms with van der Waals surface area (Å²) in [5.74, 6) is 0. The van der Waals surface area contributed by atoms with Crippen molar-refractivity contribution in [2.45, 2.75) is 27.3 Å². The molecule has 0 unspecified atom stereocenters. The largest absolute Gasteiger partial charge is 0.380 e. The highest BCUT2D eigenvalue weighted by atomic mass is 79.9. The Hall–Kier alpha value is -0.870. The number of nitrogens with one attached hydrogen (secondary N) is 1. The van der Waals surface area contributed by atoms with E-state index in [1.54, 1.807) is 11.3 Å². The van der Waals surface area contributed by atoms with Crippen LogP contribution in [-0.2, 0) is 6.54 Å². The van der Waals surface area contributed by atoms with Gasteiger partial charge >= 0.3 is 0 Å². The van der Waals surface area contributed by atoms with Crippen LogP contribution in [0.4, 0.5) is 5.69 Å². The highest BCUT2D eigenvalue weighted by Crippen LogP contribution is 2.22. The lowest BCUT2D eigenvalue weighted by Crippen LogP contribution is -1.99. The molecule has 17 heavy (non-hydrogen) atoms. The summed E-state index contributed by atoms with van der Waals surface area (Å²) < 4.78 is 1.15. The minimum Gasteiger partial charge on any atom is -0.380 e. The maximum absolute atomic E-state index is 4.43. The van der Waals surface area contributed by atoms with E-state index in [2.05, 4.69) is 58.3 Å². The number of thiazole rings is 1. The number of rotatable bonds is 3. The van der Waals surface area contributed by atoms with Gasteiger partial charge in [-0.25, -0.2) is 4.98 Å².